The SMILES string of the molecule is O=C(CCCCCn1c(SCc2ccccc2Cl)nc2ccccc2c1=O)N1CCOCC1. The molecule has 1 aromatic heterocycles. The summed E-state index contributed by atoms with van der Waals surface area (Å²) < 4.78 is 7.08. The van der Waals surface area contributed by atoms with Crippen LogP contribution < -0.4 is 5.56 Å². The highest BCUT2D eigenvalue weighted by atomic mass is 35.5. The van der Waals surface area contributed by atoms with Crippen LogP contribution in [-0.4, -0.2) is 46.7 Å². The van der Waals surface area contributed by atoms with E-state index in [0.29, 0.717) is 66.1 Å². The lowest BCUT2D eigenvalue weighted by molar-refractivity contribution is -0.135. The predicted octanol–water partition coefficient (Wildman–Crippen LogP) is 4.76. The van der Waals surface area contributed by atoms with Gasteiger partial charge in [0.1, 0.15) is 0 Å². The fraction of sp³-hybridized carbons (Fsp3) is 0.400. The summed E-state index contributed by atoms with van der Waals surface area (Å²) >= 11 is 7.84. The first-order chi connectivity index (χ1) is 16.1. The number of carbonyl (C=O) groups excluding carboxylic acids is 1. The molecule has 0 saturated carbocycles. The number of rotatable bonds is 9. The number of morpholine rings is 1. The molecular formula is C25H28ClN3O3S. The number of hydrogen-bond acceptors (Lipinski definition) is 5. The van der Waals surface area contributed by atoms with E-state index in [9.17, 15) is 9.59 Å². The first-order valence-corrected chi connectivity index (χ1v) is 12.7. The van der Waals surface area contributed by atoms with Gasteiger partial charge in [-0.15, -0.1) is 0 Å². The number of ether oxygens (including phenoxy) is 1. The number of nitrogens with zero attached hydrogens (tertiary/aromatic N) is 3. The van der Waals surface area contributed by atoms with E-state index < -0.39 is 0 Å². The van der Waals surface area contributed by atoms with Crippen molar-refractivity contribution >= 4 is 40.2 Å². The third kappa shape index (κ3) is 6.16. The highest BCUT2D eigenvalue weighted by Crippen LogP contribution is 2.26. The van der Waals surface area contributed by atoms with Crippen LogP contribution in [0.4, 0.5) is 0 Å². The van der Waals surface area contributed by atoms with Gasteiger partial charge in [0.2, 0.25) is 5.91 Å². The molecule has 0 N–H and O–H groups in total. The average molecular weight is 486 g/mol. The number of unbranched alkanes of at least 4 members (excludes halogenated alkanes) is 2. The number of amides is 1. The first-order valence-electron chi connectivity index (χ1n) is 11.3. The van der Waals surface area contributed by atoms with Gasteiger partial charge in [-0.1, -0.05) is 60.1 Å². The van der Waals surface area contributed by atoms with Crippen LogP contribution in [0.15, 0.2) is 58.5 Å². The number of hydrogen-bond donors (Lipinski definition) is 0. The molecule has 3 aromatic rings. The zero-order valence-corrected chi connectivity index (χ0v) is 20.1. The Morgan fingerprint density at radius 1 is 1.03 bits per heavy atom. The topological polar surface area (TPSA) is 64.4 Å². The van der Waals surface area contributed by atoms with Crippen LogP contribution in [0.5, 0.6) is 0 Å². The quantitative estimate of drug-likeness (QED) is 0.248. The second-order valence-electron chi connectivity index (χ2n) is 8.05. The molecule has 0 bridgehead atoms. The second kappa shape index (κ2) is 11.7. The summed E-state index contributed by atoms with van der Waals surface area (Å²) in [5, 5.41) is 2.04. The lowest BCUT2D eigenvalue weighted by atomic mass is 10.1. The maximum Gasteiger partial charge on any atom is 0.262 e. The lowest BCUT2D eigenvalue weighted by Crippen LogP contribution is -2.40. The van der Waals surface area contributed by atoms with E-state index >= 15 is 0 Å². The standard InChI is InChI=1S/C25H28ClN3O3S/c26-21-10-5-3-8-19(21)18-33-25-27-22-11-6-4-9-20(22)24(31)29(25)13-7-1-2-12-23(30)28-14-16-32-17-15-28/h3-6,8-11H,1-2,7,12-18H2. The number of halogens is 1. The van der Waals surface area contributed by atoms with Gasteiger partial charge in [0.05, 0.1) is 24.1 Å². The van der Waals surface area contributed by atoms with Crippen LogP contribution >= 0.6 is 23.4 Å². The summed E-state index contributed by atoms with van der Waals surface area (Å²) in [5.41, 5.74) is 1.70. The maximum absolute atomic E-state index is 13.2. The smallest absolute Gasteiger partial charge is 0.262 e. The molecule has 8 heteroatoms. The minimum absolute atomic E-state index is 0.0216. The summed E-state index contributed by atoms with van der Waals surface area (Å²) in [4.78, 5) is 32.2. The molecule has 2 aromatic carbocycles. The van der Waals surface area contributed by atoms with E-state index in [0.717, 1.165) is 24.8 Å². The van der Waals surface area contributed by atoms with E-state index in [1.807, 2.05) is 53.4 Å². The Kier molecular flexibility index (Phi) is 8.42. The number of fused-ring (bicyclic) bond motifs is 1. The minimum atomic E-state index is -0.0216. The zero-order chi connectivity index (χ0) is 23.0. The van der Waals surface area contributed by atoms with Gasteiger partial charge < -0.3 is 9.64 Å². The molecule has 2 heterocycles. The van der Waals surface area contributed by atoms with Crippen LogP contribution in [-0.2, 0) is 21.8 Å². The molecule has 1 amide bonds. The van der Waals surface area contributed by atoms with Crippen molar-refractivity contribution in [3.63, 3.8) is 0 Å². The van der Waals surface area contributed by atoms with Crippen LogP contribution in [0.1, 0.15) is 31.2 Å². The summed E-state index contributed by atoms with van der Waals surface area (Å²) in [6.45, 7) is 3.19. The van der Waals surface area contributed by atoms with E-state index in [1.54, 1.807) is 4.57 Å². The monoisotopic (exact) mass is 485 g/mol. The number of aromatic nitrogens is 2. The highest BCUT2D eigenvalue weighted by molar-refractivity contribution is 7.98. The molecule has 4 rings (SSSR count). The Labute approximate surface area is 202 Å². The molecule has 174 valence electrons. The third-order valence-electron chi connectivity index (χ3n) is 5.78. The van der Waals surface area contributed by atoms with Gasteiger partial charge in [-0.25, -0.2) is 4.98 Å². The molecule has 0 unspecified atom stereocenters. The van der Waals surface area contributed by atoms with Crippen molar-refractivity contribution in [2.24, 2.45) is 0 Å². The van der Waals surface area contributed by atoms with E-state index in [1.165, 1.54) is 11.8 Å². The second-order valence-corrected chi connectivity index (χ2v) is 9.40. The van der Waals surface area contributed by atoms with E-state index in [2.05, 4.69) is 0 Å². The van der Waals surface area contributed by atoms with Gasteiger partial charge in [0.15, 0.2) is 5.16 Å². The van der Waals surface area contributed by atoms with Gasteiger partial charge in [0.25, 0.3) is 5.56 Å². The average Bonchev–Trinajstić information content (AvgIpc) is 2.85. The van der Waals surface area contributed by atoms with E-state index in [-0.39, 0.29) is 11.5 Å². The van der Waals surface area contributed by atoms with Crippen molar-refractivity contribution in [2.75, 3.05) is 26.3 Å². The fourth-order valence-electron chi connectivity index (χ4n) is 3.91. The van der Waals surface area contributed by atoms with Gasteiger partial charge >= 0.3 is 0 Å². The van der Waals surface area contributed by atoms with Crippen LogP contribution in [0, 0.1) is 0 Å². The molecule has 0 spiro atoms. The molecule has 0 atom stereocenters. The van der Waals surface area contributed by atoms with Gasteiger partial charge in [0, 0.05) is 36.8 Å². The minimum Gasteiger partial charge on any atom is -0.378 e. The molecule has 1 aliphatic heterocycles. The van der Waals surface area contributed by atoms with Crippen molar-refractivity contribution in [2.45, 2.75) is 43.1 Å². The molecule has 33 heavy (non-hydrogen) atoms. The summed E-state index contributed by atoms with van der Waals surface area (Å²) in [6, 6.07) is 15.2. The van der Waals surface area contributed by atoms with Crippen LogP contribution in [0.3, 0.4) is 0 Å². The molecule has 6 nitrogen and oxygen atoms in total. The van der Waals surface area contributed by atoms with Crippen LogP contribution in [0.25, 0.3) is 10.9 Å². The Balaban J connectivity index is 1.41. The number of thioether (sulfide) groups is 1. The van der Waals surface area contributed by atoms with Crippen molar-refractivity contribution in [1.82, 2.24) is 14.5 Å². The van der Waals surface area contributed by atoms with Gasteiger partial charge in [-0.05, 0) is 36.6 Å². The Bertz CT molecular complexity index is 1160. The summed E-state index contributed by atoms with van der Waals surface area (Å²) in [5.74, 6) is 0.831. The molecule has 1 fully saturated rings. The van der Waals surface area contributed by atoms with Gasteiger partial charge in [-0.3, -0.25) is 14.2 Å². The maximum atomic E-state index is 13.2. The van der Waals surface area contributed by atoms with Crippen molar-refractivity contribution < 1.29 is 9.53 Å². The Morgan fingerprint density at radius 3 is 2.61 bits per heavy atom. The lowest BCUT2D eigenvalue weighted by Gasteiger charge is -2.26. The number of benzene rings is 2. The predicted molar refractivity (Wildman–Crippen MR) is 133 cm³/mol. The van der Waals surface area contributed by atoms with Crippen molar-refractivity contribution in [3.8, 4) is 0 Å². The molecule has 0 aliphatic carbocycles. The molecule has 1 saturated heterocycles. The number of carbonyl (C=O) groups is 1. The van der Waals surface area contributed by atoms with Crippen molar-refractivity contribution in [3.05, 3.63) is 69.5 Å². The third-order valence-corrected chi connectivity index (χ3v) is 7.17. The molecule has 0 radical (unpaired) electrons. The van der Waals surface area contributed by atoms with Gasteiger partial charge in [-0.2, -0.15) is 0 Å². The molecule has 1 aliphatic rings. The Hall–Kier alpha value is -2.35. The van der Waals surface area contributed by atoms with Crippen LogP contribution in [0.2, 0.25) is 5.02 Å². The largest absolute Gasteiger partial charge is 0.378 e. The fourth-order valence-corrected chi connectivity index (χ4v) is 5.22. The molecular weight excluding hydrogens is 458 g/mol. The summed E-state index contributed by atoms with van der Waals surface area (Å²) in [7, 11) is 0. The first kappa shape index (κ1) is 23.8. The Morgan fingerprint density at radius 2 is 1.79 bits per heavy atom. The number of para-hydroxylation sites is 1. The summed E-state index contributed by atoms with van der Waals surface area (Å²) in [6.07, 6.45) is 3.05. The normalized spacial score (nSPS) is 14.0. The van der Waals surface area contributed by atoms with Crippen molar-refractivity contribution in [1.29, 1.82) is 0 Å². The highest BCUT2D eigenvalue weighted by Gasteiger charge is 2.16. The van der Waals surface area contributed by atoms with E-state index in [4.69, 9.17) is 21.3 Å². The zero-order valence-electron chi connectivity index (χ0n) is 18.5.